The molecule has 0 aromatic heterocycles. The van der Waals surface area contributed by atoms with Crippen LogP contribution in [0.5, 0.6) is 0 Å². The van der Waals surface area contributed by atoms with Gasteiger partial charge in [0.2, 0.25) is 0 Å². The topological polar surface area (TPSA) is 54.0 Å². The Hall–Kier alpha value is -0.483. The molecule has 0 saturated carbocycles. The fourth-order valence-corrected chi connectivity index (χ4v) is 5.34. The molecule has 1 fully saturated rings. The third kappa shape index (κ3) is 5.32. The lowest BCUT2D eigenvalue weighted by Crippen LogP contribution is -2.61. The highest BCUT2D eigenvalue weighted by Crippen LogP contribution is 2.41. The van der Waals surface area contributed by atoms with Crippen molar-refractivity contribution in [3.63, 3.8) is 0 Å². The van der Waals surface area contributed by atoms with Crippen molar-refractivity contribution in [1.29, 1.82) is 0 Å². The number of esters is 1. The standard InChI is InChI=1S/C20H31IO5Si/c1-13-16(25-18(22)14-11-9-8-10-12-14)17(15(21)19(23-5)24-13)26-27(6,7)20(2,3)4/h8-13,15-17,19H,1-7H3/t13-,15+,16-,17-,19+/m1/s1. The third-order valence-corrected chi connectivity index (χ3v) is 11.2. The summed E-state index contributed by atoms with van der Waals surface area (Å²) in [6.45, 7) is 12.9. The molecule has 0 bridgehead atoms. The van der Waals surface area contributed by atoms with E-state index in [9.17, 15) is 4.79 Å². The Bertz CT molecular complexity index is 631. The number of hydrogen-bond donors (Lipinski definition) is 0. The molecule has 0 aliphatic carbocycles. The van der Waals surface area contributed by atoms with Crippen molar-refractivity contribution in [2.45, 2.75) is 74.4 Å². The van der Waals surface area contributed by atoms with Crippen molar-refractivity contribution in [2.24, 2.45) is 0 Å². The summed E-state index contributed by atoms with van der Waals surface area (Å²) in [6, 6.07) is 9.02. The van der Waals surface area contributed by atoms with Crippen LogP contribution in [0.2, 0.25) is 18.1 Å². The molecule has 27 heavy (non-hydrogen) atoms. The van der Waals surface area contributed by atoms with E-state index in [1.807, 2.05) is 25.1 Å². The highest BCUT2D eigenvalue weighted by atomic mass is 127. The molecule has 0 spiro atoms. The summed E-state index contributed by atoms with van der Waals surface area (Å²) in [7, 11) is -0.458. The molecule has 1 aromatic rings. The van der Waals surface area contributed by atoms with Crippen molar-refractivity contribution < 1.29 is 23.4 Å². The monoisotopic (exact) mass is 506 g/mol. The van der Waals surface area contributed by atoms with Gasteiger partial charge in [-0.05, 0) is 37.2 Å². The van der Waals surface area contributed by atoms with Crippen molar-refractivity contribution in [3.8, 4) is 0 Å². The summed E-state index contributed by atoms with van der Waals surface area (Å²) in [6.07, 6.45) is -1.53. The first-order valence-corrected chi connectivity index (χ1v) is 13.4. The van der Waals surface area contributed by atoms with E-state index >= 15 is 0 Å². The van der Waals surface area contributed by atoms with E-state index in [1.165, 1.54) is 0 Å². The van der Waals surface area contributed by atoms with Gasteiger partial charge >= 0.3 is 5.97 Å². The van der Waals surface area contributed by atoms with Gasteiger partial charge in [-0.2, -0.15) is 0 Å². The van der Waals surface area contributed by atoms with Crippen LogP contribution in [0.25, 0.3) is 0 Å². The molecule has 0 amide bonds. The fourth-order valence-electron chi connectivity index (χ4n) is 2.73. The molecular formula is C20H31IO5Si. The molecule has 152 valence electrons. The zero-order valence-corrected chi connectivity index (χ0v) is 20.4. The SMILES string of the molecule is CO[C@H]1O[C@H](C)[C@@H](OC(=O)c2ccccc2)[C@H](O[Si](C)(C)C(C)(C)C)[C@@H]1I. The molecule has 1 aliphatic heterocycles. The fraction of sp³-hybridized carbons (Fsp3) is 0.650. The van der Waals surface area contributed by atoms with Crippen LogP contribution in [0.4, 0.5) is 0 Å². The van der Waals surface area contributed by atoms with Crippen molar-refractivity contribution in [2.75, 3.05) is 7.11 Å². The highest BCUT2D eigenvalue weighted by molar-refractivity contribution is 14.1. The van der Waals surface area contributed by atoms with Gasteiger partial charge < -0.3 is 18.6 Å². The molecule has 1 aliphatic rings. The minimum absolute atomic E-state index is 0.0431. The van der Waals surface area contributed by atoms with Gasteiger partial charge in [0.1, 0.15) is 6.10 Å². The normalized spacial score (nSPS) is 29.4. The second kappa shape index (κ2) is 8.90. The van der Waals surface area contributed by atoms with Crippen LogP contribution in [0.1, 0.15) is 38.1 Å². The quantitative estimate of drug-likeness (QED) is 0.249. The second-order valence-corrected chi connectivity index (χ2v) is 14.7. The number of halogens is 1. The van der Waals surface area contributed by atoms with Crippen LogP contribution < -0.4 is 0 Å². The second-order valence-electron chi connectivity index (χ2n) is 8.47. The lowest BCUT2D eigenvalue weighted by Gasteiger charge is -2.47. The van der Waals surface area contributed by atoms with E-state index in [0.717, 1.165) is 0 Å². The lowest BCUT2D eigenvalue weighted by atomic mass is 10.0. The van der Waals surface area contributed by atoms with Crippen LogP contribution in [0.3, 0.4) is 0 Å². The molecule has 1 saturated heterocycles. The molecule has 0 N–H and O–H groups in total. The van der Waals surface area contributed by atoms with Gasteiger partial charge in [-0.25, -0.2) is 4.79 Å². The zero-order valence-electron chi connectivity index (χ0n) is 17.2. The van der Waals surface area contributed by atoms with Crippen LogP contribution in [0, 0.1) is 0 Å². The Kier molecular flexibility index (Phi) is 7.51. The first kappa shape index (κ1) is 22.8. The number of carbonyl (C=O) groups is 1. The minimum Gasteiger partial charge on any atom is -0.453 e. The van der Waals surface area contributed by atoms with Crippen LogP contribution in [-0.4, -0.2) is 49.9 Å². The average Bonchev–Trinajstić information content (AvgIpc) is 2.60. The maximum absolute atomic E-state index is 12.7. The number of hydrogen-bond acceptors (Lipinski definition) is 5. The summed E-state index contributed by atoms with van der Waals surface area (Å²) in [5.74, 6) is -0.362. The molecule has 1 aromatic carbocycles. The van der Waals surface area contributed by atoms with Crippen LogP contribution in [0.15, 0.2) is 30.3 Å². The number of rotatable bonds is 5. The van der Waals surface area contributed by atoms with Gasteiger partial charge in [0.05, 0.1) is 15.6 Å². The van der Waals surface area contributed by atoms with Crippen molar-refractivity contribution in [3.05, 3.63) is 35.9 Å². The van der Waals surface area contributed by atoms with Crippen molar-refractivity contribution in [1.82, 2.24) is 0 Å². The molecule has 5 nitrogen and oxygen atoms in total. The van der Waals surface area contributed by atoms with E-state index in [-0.39, 0.29) is 27.1 Å². The van der Waals surface area contributed by atoms with Gasteiger partial charge in [0.15, 0.2) is 20.7 Å². The Labute approximate surface area is 177 Å². The third-order valence-electron chi connectivity index (χ3n) is 5.43. The molecule has 2 rings (SSSR count). The van der Waals surface area contributed by atoms with E-state index in [0.29, 0.717) is 5.56 Å². The molecule has 0 unspecified atom stereocenters. The lowest BCUT2D eigenvalue weighted by molar-refractivity contribution is -0.226. The van der Waals surface area contributed by atoms with Gasteiger partial charge in [-0.1, -0.05) is 61.6 Å². The van der Waals surface area contributed by atoms with E-state index in [4.69, 9.17) is 18.6 Å². The number of benzene rings is 1. The van der Waals surface area contributed by atoms with Gasteiger partial charge in [-0.3, -0.25) is 0 Å². The van der Waals surface area contributed by atoms with Gasteiger partial charge in [0.25, 0.3) is 0 Å². The van der Waals surface area contributed by atoms with E-state index in [1.54, 1.807) is 19.2 Å². The average molecular weight is 506 g/mol. The maximum atomic E-state index is 12.7. The highest BCUT2D eigenvalue weighted by Gasteiger charge is 2.50. The number of methoxy groups -OCH3 is 1. The molecule has 7 heteroatoms. The summed E-state index contributed by atoms with van der Waals surface area (Å²) in [4.78, 5) is 12.7. The molecule has 1 heterocycles. The Morgan fingerprint density at radius 2 is 1.74 bits per heavy atom. The van der Waals surface area contributed by atoms with Crippen LogP contribution in [-0.2, 0) is 18.6 Å². The summed E-state index contributed by atoms with van der Waals surface area (Å²) in [5, 5.41) is 0.0431. The molecule has 0 radical (unpaired) electrons. The van der Waals surface area contributed by atoms with Gasteiger partial charge in [-0.15, -0.1) is 0 Å². The first-order valence-electron chi connectivity index (χ1n) is 9.24. The predicted molar refractivity (Wildman–Crippen MR) is 117 cm³/mol. The molecular weight excluding hydrogens is 475 g/mol. The zero-order chi connectivity index (χ0) is 20.4. The smallest absolute Gasteiger partial charge is 0.338 e. The summed E-state index contributed by atoms with van der Waals surface area (Å²) < 4.78 is 24.0. The number of alkyl halides is 1. The minimum atomic E-state index is -2.09. The summed E-state index contributed by atoms with van der Waals surface area (Å²) >= 11 is 2.29. The Morgan fingerprint density at radius 3 is 2.26 bits per heavy atom. The maximum Gasteiger partial charge on any atom is 0.338 e. The van der Waals surface area contributed by atoms with Crippen LogP contribution >= 0.6 is 22.6 Å². The van der Waals surface area contributed by atoms with Crippen molar-refractivity contribution >= 4 is 36.9 Å². The Balaban J connectivity index is 2.29. The van der Waals surface area contributed by atoms with Gasteiger partial charge in [0, 0.05) is 7.11 Å². The van der Waals surface area contributed by atoms with E-state index < -0.39 is 20.7 Å². The van der Waals surface area contributed by atoms with E-state index in [2.05, 4.69) is 56.5 Å². The number of ether oxygens (including phenoxy) is 3. The largest absolute Gasteiger partial charge is 0.453 e. The number of carbonyl (C=O) groups excluding carboxylic acids is 1. The first-order chi connectivity index (χ1) is 12.5. The Morgan fingerprint density at radius 1 is 1.15 bits per heavy atom. The molecule has 5 atom stereocenters. The predicted octanol–water partition coefficient (Wildman–Crippen LogP) is 4.80. The summed E-state index contributed by atoms with van der Waals surface area (Å²) in [5.41, 5.74) is 0.523.